The van der Waals surface area contributed by atoms with Crippen molar-refractivity contribution >= 4 is 10.0 Å². The van der Waals surface area contributed by atoms with Crippen LogP contribution in [0.4, 0.5) is 4.39 Å². The van der Waals surface area contributed by atoms with Gasteiger partial charge in [0.25, 0.3) is 0 Å². The van der Waals surface area contributed by atoms with E-state index in [2.05, 4.69) is 4.72 Å². The van der Waals surface area contributed by atoms with Gasteiger partial charge in [0.1, 0.15) is 10.7 Å². The summed E-state index contributed by atoms with van der Waals surface area (Å²) < 4.78 is 40.3. The van der Waals surface area contributed by atoms with Crippen LogP contribution in [0.5, 0.6) is 0 Å². The average molecular weight is 303 g/mol. The van der Waals surface area contributed by atoms with Gasteiger partial charge in [-0.3, -0.25) is 0 Å². The lowest BCUT2D eigenvalue weighted by Gasteiger charge is -2.16. The van der Waals surface area contributed by atoms with Gasteiger partial charge in [0.05, 0.1) is 0 Å². The number of hydrogen-bond acceptors (Lipinski definition) is 3. The first-order chi connectivity index (χ1) is 9.40. The Morgan fingerprint density at radius 1 is 1.35 bits per heavy atom. The van der Waals surface area contributed by atoms with Crippen LogP contribution < -0.4 is 4.72 Å². The molecule has 114 valence electrons. The monoisotopic (exact) mass is 303 g/mol. The number of aryl methyl sites for hydroxylation is 1. The fourth-order valence-electron chi connectivity index (χ4n) is 2.07. The summed E-state index contributed by atoms with van der Waals surface area (Å²) in [5, 5.41) is 8.95. The molecule has 1 aromatic carbocycles. The summed E-state index contributed by atoms with van der Waals surface area (Å²) in [7, 11) is -3.85. The number of halogens is 1. The number of nitrogens with one attached hydrogen (secondary N) is 1. The quantitative estimate of drug-likeness (QED) is 0.774. The van der Waals surface area contributed by atoms with Gasteiger partial charge in [-0.05, 0) is 43.4 Å². The smallest absolute Gasteiger partial charge is 0.243 e. The van der Waals surface area contributed by atoms with Gasteiger partial charge in [-0.2, -0.15) is 0 Å². The average Bonchev–Trinajstić information content (AvgIpc) is 2.36. The molecule has 1 atom stereocenters. The predicted octanol–water partition coefficient (Wildman–Crippen LogP) is 2.21. The molecule has 20 heavy (non-hydrogen) atoms. The number of rotatable bonds is 8. The molecule has 0 aromatic heterocycles. The van der Waals surface area contributed by atoms with E-state index >= 15 is 0 Å². The molecule has 0 saturated carbocycles. The fraction of sp³-hybridized carbons (Fsp3) is 0.571. The number of sulfonamides is 1. The molecule has 1 aromatic rings. The maximum Gasteiger partial charge on any atom is 0.243 e. The lowest BCUT2D eigenvalue weighted by atomic mass is 10.0. The highest BCUT2D eigenvalue weighted by Gasteiger charge is 2.20. The van der Waals surface area contributed by atoms with Crippen molar-refractivity contribution in [3.63, 3.8) is 0 Å². The number of aliphatic hydroxyl groups is 1. The van der Waals surface area contributed by atoms with Crippen LogP contribution in [0.2, 0.25) is 0 Å². The van der Waals surface area contributed by atoms with Crippen molar-refractivity contribution in [3.05, 3.63) is 29.6 Å². The molecule has 6 heteroatoms. The minimum absolute atomic E-state index is 0.0191. The summed E-state index contributed by atoms with van der Waals surface area (Å²) in [6.45, 7) is 3.93. The minimum atomic E-state index is -3.85. The Kier molecular flexibility index (Phi) is 6.58. The Morgan fingerprint density at radius 3 is 2.60 bits per heavy atom. The molecule has 4 nitrogen and oxygen atoms in total. The van der Waals surface area contributed by atoms with Crippen LogP contribution in [0.1, 0.15) is 31.7 Å². The second-order valence-electron chi connectivity index (χ2n) is 4.95. The highest BCUT2D eigenvalue weighted by atomic mass is 32.2. The van der Waals surface area contributed by atoms with Crippen molar-refractivity contribution in [2.75, 3.05) is 13.2 Å². The first-order valence-electron chi connectivity index (χ1n) is 6.77. The van der Waals surface area contributed by atoms with E-state index in [1.54, 1.807) is 13.0 Å². The molecule has 1 unspecified atom stereocenters. The van der Waals surface area contributed by atoms with Crippen molar-refractivity contribution in [2.24, 2.45) is 5.92 Å². The van der Waals surface area contributed by atoms with E-state index in [0.29, 0.717) is 12.0 Å². The highest BCUT2D eigenvalue weighted by Crippen LogP contribution is 2.17. The van der Waals surface area contributed by atoms with Crippen LogP contribution in [-0.4, -0.2) is 26.7 Å². The van der Waals surface area contributed by atoms with E-state index in [1.165, 1.54) is 12.1 Å². The predicted molar refractivity (Wildman–Crippen MR) is 76.4 cm³/mol. The van der Waals surface area contributed by atoms with Crippen molar-refractivity contribution in [2.45, 2.75) is 38.0 Å². The van der Waals surface area contributed by atoms with Crippen LogP contribution in [-0.2, 0) is 10.0 Å². The molecule has 0 radical (unpaired) electrons. The summed E-state index contributed by atoms with van der Waals surface area (Å²) in [5.74, 6) is -0.681. The molecular formula is C14H22FNO3S. The summed E-state index contributed by atoms with van der Waals surface area (Å²) in [6.07, 6.45) is 2.26. The van der Waals surface area contributed by atoms with Crippen LogP contribution >= 0.6 is 0 Å². The zero-order valence-corrected chi connectivity index (χ0v) is 12.7. The molecule has 2 N–H and O–H groups in total. The topological polar surface area (TPSA) is 66.4 Å². The summed E-state index contributed by atoms with van der Waals surface area (Å²) in [5.41, 5.74) is 0.672. The first kappa shape index (κ1) is 17.1. The fourth-order valence-corrected chi connectivity index (χ4v) is 3.24. The third kappa shape index (κ3) is 4.85. The van der Waals surface area contributed by atoms with Gasteiger partial charge in [-0.15, -0.1) is 0 Å². The Labute approximate surface area is 120 Å². The lowest BCUT2D eigenvalue weighted by Crippen LogP contribution is -2.30. The molecule has 0 aliphatic heterocycles. The Hall–Kier alpha value is -0.980. The molecule has 0 bridgehead atoms. The van der Waals surface area contributed by atoms with Crippen molar-refractivity contribution in [3.8, 4) is 0 Å². The Bertz CT molecular complexity index is 525. The number of hydrogen-bond donors (Lipinski definition) is 2. The van der Waals surface area contributed by atoms with Gasteiger partial charge >= 0.3 is 0 Å². The van der Waals surface area contributed by atoms with E-state index in [1.807, 2.05) is 6.92 Å². The summed E-state index contributed by atoms with van der Waals surface area (Å²) in [4.78, 5) is -0.331. The second kappa shape index (κ2) is 7.71. The summed E-state index contributed by atoms with van der Waals surface area (Å²) in [6, 6.07) is 4.04. The molecule has 0 spiro atoms. The van der Waals surface area contributed by atoms with Gasteiger partial charge in [0.2, 0.25) is 10.0 Å². The van der Waals surface area contributed by atoms with Crippen LogP contribution in [0.15, 0.2) is 23.1 Å². The normalized spacial score (nSPS) is 13.4. The molecule has 0 amide bonds. The van der Waals surface area contributed by atoms with Gasteiger partial charge in [-0.25, -0.2) is 17.5 Å². The molecule has 0 saturated heterocycles. The van der Waals surface area contributed by atoms with Crippen molar-refractivity contribution < 1.29 is 17.9 Å². The standard InChI is InChI=1S/C14H22FNO3S/c1-3-4-12(7-8-17)10-16-20(18,19)14-6-5-11(2)9-13(14)15/h5-6,9,12,16-17H,3-4,7-8,10H2,1-2H3. The van der Waals surface area contributed by atoms with Gasteiger partial charge in [-0.1, -0.05) is 19.4 Å². The van der Waals surface area contributed by atoms with Crippen LogP contribution in [0.3, 0.4) is 0 Å². The van der Waals surface area contributed by atoms with Gasteiger partial charge in [0.15, 0.2) is 0 Å². The van der Waals surface area contributed by atoms with E-state index in [0.717, 1.165) is 12.8 Å². The first-order valence-corrected chi connectivity index (χ1v) is 8.25. The molecular weight excluding hydrogens is 281 g/mol. The third-order valence-corrected chi connectivity index (χ3v) is 4.63. The van der Waals surface area contributed by atoms with E-state index in [4.69, 9.17) is 5.11 Å². The SMILES string of the molecule is CCCC(CCO)CNS(=O)(=O)c1ccc(C)cc1F. The zero-order valence-electron chi connectivity index (χ0n) is 11.9. The largest absolute Gasteiger partial charge is 0.396 e. The van der Waals surface area contributed by atoms with Crippen LogP contribution in [0, 0.1) is 18.7 Å². The number of benzene rings is 1. The maximum atomic E-state index is 13.7. The van der Waals surface area contributed by atoms with Gasteiger partial charge < -0.3 is 5.11 Å². The molecule has 1 rings (SSSR count). The number of aliphatic hydroxyl groups excluding tert-OH is 1. The Morgan fingerprint density at radius 2 is 2.05 bits per heavy atom. The maximum absolute atomic E-state index is 13.7. The molecule has 0 aliphatic carbocycles. The second-order valence-corrected chi connectivity index (χ2v) is 6.69. The third-order valence-electron chi connectivity index (χ3n) is 3.17. The molecule has 0 fully saturated rings. The summed E-state index contributed by atoms with van der Waals surface area (Å²) >= 11 is 0. The molecule has 0 heterocycles. The van der Waals surface area contributed by atoms with E-state index < -0.39 is 15.8 Å². The highest BCUT2D eigenvalue weighted by molar-refractivity contribution is 7.89. The zero-order chi connectivity index (χ0) is 15.2. The van der Waals surface area contributed by atoms with Gasteiger partial charge in [0, 0.05) is 13.2 Å². The van der Waals surface area contributed by atoms with Crippen LogP contribution in [0.25, 0.3) is 0 Å². The Balaban J connectivity index is 2.78. The van der Waals surface area contributed by atoms with E-state index in [9.17, 15) is 12.8 Å². The molecule has 0 aliphatic rings. The van der Waals surface area contributed by atoms with E-state index in [-0.39, 0.29) is 24.0 Å². The van der Waals surface area contributed by atoms with Crippen molar-refractivity contribution in [1.29, 1.82) is 0 Å². The minimum Gasteiger partial charge on any atom is -0.396 e. The lowest BCUT2D eigenvalue weighted by molar-refractivity contribution is 0.251. The van der Waals surface area contributed by atoms with Crippen molar-refractivity contribution in [1.82, 2.24) is 4.72 Å².